The standard InChI is InChI=1S/C21H24N8O5S2/c1-12-18(19(31)32)35-21(24-12)27-20-25-15(9-16(26-20)29-8-7-22-17(30)11-29)23-10-13-3-5-14(6-4-13)28-36(2,33)34/h3-6,9,28H,7-8,10-11H2,1-2H3,(H,22,30)(H,31,32)(H2,23,24,25,26,27). The van der Waals surface area contributed by atoms with E-state index in [4.69, 9.17) is 0 Å². The lowest BCUT2D eigenvalue weighted by atomic mass is 10.2. The molecular formula is C21H24N8O5S2. The molecule has 1 fully saturated rings. The largest absolute Gasteiger partial charge is 0.477 e. The van der Waals surface area contributed by atoms with Crippen LogP contribution in [0.3, 0.4) is 0 Å². The number of hydrogen-bond acceptors (Lipinski definition) is 11. The van der Waals surface area contributed by atoms with Gasteiger partial charge in [0.2, 0.25) is 21.9 Å². The molecule has 1 amide bonds. The third-order valence-corrected chi connectivity index (χ3v) is 6.68. The molecule has 15 heteroatoms. The van der Waals surface area contributed by atoms with Crippen LogP contribution in [0.15, 0.2) is 30.3 Å². The number of piperazine rings is 1. The van der Waals surface area contributed by atoms with Gasteiger partial charge in [-0.3, -0.25) is 14.8 Å². The quantitative estimate of drug-likeness (QED) is 0.270. The summed E-state index contributed by atoms with van der Waals surface area (Å²) in [6, 6.07) is 8.60. The monoisotopic (exact) mass is 532 g/mol. The zero-order valence-corrected chi connectivity index (χ0v) is 21.0. The number of rotatable bonds is 9. The highest BCUT2D eigenvalue weighted by Gasteiger charge is 2.20. The van der Waals surface area contributed by atoms with Gasteiger partial charge in [0.25, 0.3) is 0 Å². The minimum absolute atomic E-state index is 0.117. The third-order valence-electron chi connectivity index (χ3n) is 5.02. The van der Waals surface area contributed by atoms with E-state index in [0.29, 0.717) is 47.8 Å². The smallest absolute Gasteiger partial charge is 0.347 e. The fourth-order valence-corrected chi connectivity index (χ4v) is 4.78. The van der Waals surface area contributed by atoms with Gasteiger partial charge in [-0.15, -0.1) is 0 Å². The topological polar surface area (TPSA) is 179 Å². The first kappa shape index (κ1) is 25.1. The van der Waals surface area contributed by atoms with Gasteiger partial charge in [0.05, 0.1) is 18.5 Å². The first-order valence-corrected chi connectivity index (χ1v) is 13.5. The summed E-state index contributed by atoms with van der Waals surface area (Å²) < 4.78 is 25.2. The molecule has 1 aliphatic rings. The lowest BCUT2D eigenvalue weighted by molar-refractivity contribution is -0.120. The second-order valence-corrected chi connectivity index (χ2v) is 10.7. The number of carboxylic acids is 1. The van der Waals surface area contributed by atoms with Crippen LogP contribution in [0, 0.1) is 6.92 Å². The maximum absolute atomic E-state index is 11.9. The zero-order valence-electron chi connectivity index (χ0n) is 19.4. The molecule has 1 aromatic carbocycles. The summed E-state index contributed by atoms with van der Waals surface area (Å²) in [5, 5.41) is 18.6. The van der Waals surface area contributed by atoms with Crippen molar-refractivity contribution in [1.29, 1.82) is 0 Å². The molecule has 3 heterocycles. The molecule has 1 aliphatic heterocycles. The Hall–Kier alpha value is -3.98. The van der Waals surface area contributed by atoms with E-state index in [9.17, 15) is 23.1 Å². The van der Waals surface area contributed by atoms with Crippen molar-refractivity contribution in [2.24, 2.45) is 0 Å². The van der Waals surface area contributed by atoms with Crippen LogP contribution in [0.25, 0.3) is 0 Å². The number of carbonyl (C=O) groups is 2. The number of aryl methyl sites for hydroxylation is 1. The van der Waals surface area contributed by atoms with Gasteiger partial charge in [-0.05, 0) is 24.6 Å². The van der Waals surface area contributed by atoms with E-state index >= 15 is 0 Å². The van der Waals surface area contributed by atoms with Crippen molar-refractivity contribution in [2.45, 2.75) is 13.5 Å². The molecule has 4 rings (SSSR count). The lowest BCUT2D eigenvalue weighted by Gasteiger charge is -2.28. The molecule has 0 aliphatic carbocycles. The molecule has 0 spiro atoms. The molecular weight excluding hydrogens is 508 g/mol. The van der Waals surface area contributed by atoms with Gasteiger partial charge in [0, 0.05) is 31.4 Å². The number of nitrogens with zero attached hydrogens (tertiary/aromatic N) is 4. The molecule has 36 heavy (non-hydrogen) atoms. The van der Waals surface area contributed by atoms with Crippen molar-refractivity contribution >= 4 is 61.6 Å². The minimum Gasteiger partial charge on any atom is -0.477 e. The van der Waals surface area contributed by atoms with E-state index < -0.39 is 16.0 Å². The number of sulfonamides is 1. The fraction of sp³-hybridized carbons (Fsp3) is 0.286. The van der Waals surface area contributed by atoms with Crippen LogP contribution in [-0.4, -0.2) is 66.2 Å². The summed E-state index contributed by atoms with van der Waals surface area (Å²) in [6.45, 7) is 3.18. The second-order valence-electron chi connectivity index (χ2n) is 7.99. The second kappa shape index (κ2) is 10.3. The number of anilines is 5. The molecule has 0 radical (unpaired) electrons. The van der Waals surface area contributed by atoms with E-state index in [1.165, 1.54) is 0 Å². The molecule has 190 valence electrons. The highest BCUT2D eigenvalue weighted by atomic mass is 32.2. The Balaban J connectivity index is 1.55. The Kier molecular flexibility index (Phi) is 7.21. The number of benzene rings is 1. The molecule has 3 aromatic rings. The summed E-state index contributed by atoms with van der Waals surface area (Å²) in [4.78, 5) is 38.4. The maximum atomic E-state index is 11.9. The highest BCUT2D eigenvalue weighted by molar-refractivity contribution is 7.92. The van der Waals surface area contributed by atoms with E-state index in [0.717, 1.165) is 23.2 Å². The minimum atomic E-state index is -3.36. The van der Waals surface area contributed by atoms with Gasteiger partial charge in [-0.2, -0.15) is 9.97 Å². The van der Waals surface area contributed by atoms with Crippen LogP contribution >= 0.6 is 11.3 Å². The van der Waals surface area contributed by atoms with Gasteiger partial charge < -0.3 is 20.6 Å². The maximum Gasteiger partial charge on any atom is 0.347 e. The van der Waals surface area contributed by atoms with E-state index in [-0.39, 0.29) is 23.3 Å². The number of carbonyl (C=O) groups excluding carboxylic acids is 1. The first-order valence-electron chi connectivity index (χ1n) is 10.7. The summed E-state index contributed by atoms with van der Waals surface area (Å²) in [5.41, 5.74) is 1.72. The average molecular weight is 533 g/mol. The molecule has 0 atom stereocenters. The normalized spacial score (nSPS) is 13.7. The SMILES string of the molecule is Cc1nc(Nc2nc(NCc3ccc(NS(C)(=O)=O)cc3)cc(N3CCNC(=O)C3)n2)sc1C(=O)O. The summed E-state index contributed by atoms with van der Waals surface area (Å²) in [6.07, 6.45) is 1.09. The first-order chi connectivity index (χ1) is 17.1. The number of hydrogen-bond donors (Lipinski definition) is 5. The van der Waals surface area contributed by atoms with Crippen molar-refractivity contribution in [1.82, 2.24) is 20.3 Å². The van der Waals surface area contributed by atoms with Crippen molar-refractivity contribution < 1.29 is 23.1 Å². The Bertz CT molecular complexity index is 1390. The number of aromatic carboxylic acids is 1. The Morgan fingerprint density at radius 3 is 2.61 bits per heavy atom. The van der Waals surface area contributed by atoms with Crippen LogP contribution in [0.1, 0.15) is 20.9 Å². The Morgan fingerprint density at radius 2 is 1.97 bits per heavy atom. The predicted octanol–water partition coefficient (Wildman–Crippen LogP) is 1.60. The van der Waals surface area contributed by atoms with Crippen LogP contribution in [-0.2, 0) is 21.4 Å². The zero-order chi connectivity index (χ0) is 25.9. The van der Waals surface area contributed by atoms with Crippen LogP contribution in [0.4, 0.5) is 28.4 Å². The average Bonchev–Trinajstić information content (AvgIpc) is 3.17. The van der Waals surface area contributed by atoms with Gasteiger partial charge in [0.15, 0.2) is 5.13 Å². The van der Waals surface area contributed by atoms with Crippen molar-refractivity contribution in [3.8, 4) is 0 Å². The number of thiazole rings is 1. The van der Waals surface area contributed by atoms with E-state index in [2.05, 4.69) is 35.6 Å². The number of aromatic nitrogens is 3. The van der Waals surface area contributed by atoms with E-state index in [1.807, 2.05) is 4.90 Å². The number of nitrogens with one attached hydrogen (secondary N) is 4. The highest BCUT2D eigenvalue weighted by Crippen LogP contribution is 2.27. The fourth-order valence-electron chi connectivity index (χ4n) is 3.42. The van der Waals surface area contributed by atoms with Gasteiger partial charge in [-0.1, -0.05) is 23.5 Å². The lowest BCUT2D eigenvalue weighted by Crippen LogP contribution is -2.48. The summed E-state index contributed by atoms with van der Waals surface area (Å²) in [7, 11) is -3.36. The Labute approximate surface area is 211 Å². The molecule has 0 saturated carbocycles. The third kappa shape index (κ3) is 6.57. The van der Waals surface area contributed by atoms with Crippen molar-refractivity contribution in [3.63, 3.8) is 0 Å². The predicted molar refractivity (Wildman–Crippen MR) is 137 cm³/mol. The molecule has 5 N–H and O–H groups in total. The van der Waals surface area contributed by atoms with Gasteiger partial charge in [-0.25, -0.2) is 18.2 Å². The van der Waals surface area contributed by atoms with Crippen LogP contribution < -0.4 is 25.6 Å². The number of carboxylic acid groups (broad SMARTS) is 1. The van der Waals surface area contributed by atoms with Gasteiger partial charge >= 0.3 is 5.97 Å². The molecule has 0 unspecified atom stereocenters. The molecule has 13 nitrogen and oxygen atoms in total. The van der Waals surface area contributed by atoms with Crippen molar-refractivity contribution in [2.75, 3.05) is 46.1 Å². The van der Waals surface area contributed by atoms with Gasteiger partial charge in [0.1, 0.15) is 16.5 Å². The van der Waals surface area contributed by atoms with E-state index in [1.54, 1.807) is 37.3 Å². The summed E-state index contributed by atoms with van der Waals surface area (Å²) in [5.74, 6) is 0.00249. The molecule has 1 saturated heterocycles. The summed E-state index contributed by atoms with van der Waals surface area (Å²) >= 11 is 0.977. The van der Waals surface area contributed by atoms with Crippen LogP contribution in [0.5, 0.6) is 0 Å². The van der Waals surface area contributed by atoms with Crippen LogP contribution in [0.2, 0.25) is 0 Å². The molecule has 0 bridgehead atoms. The Morgan fingerprint density at radius 1 is 1.22 bits per heavy atom. The van der Waals surface area contributed by atoms with Crippen molar-refractivity contribution in [3.05, 3.63) is 46.5 Å². The molecule has 2 aromatic heterocycles. The number of amides is 1.